The normalized spacial score (nSPS) is 11.4. The minimum Gasteiger partial charge on any atom is -0.478 e. The molecule has 0 aliphatic heterocycles. The number of nitrogens with zero attached hydrogens (tertiary/aromatic N) is 1. The standard InChI is InChI=1S/C12H14INO6S/c1-14(6-5-11(15)20-2)21(18,19)8-3-4-10(13)9(7-8)12(16)17/h3-4,7H,5-6H2,1-2H3,(H,16,17). The number of ether oxygens (including phenoxy) is 1. The summed E-state index contributed by atoms with van der Waals surface area (Å²) in [6.45, 7) is -0.0522. The molecule has 0 saturated carbocycles. The summed E-state index contributed by atoms with van der Waals surface area (Å²) in [6, 6.07) is 3.86. The summed E-state index contributed by atoms with van der Waals surface area (Å²) in [7, 11) is -1.32. The van der Waals surface area contributed by atoms with E-state index in [1.54, 1.807) is 0 Å². The first kappa shape index (κ1) is 17.9. The Labute approximate surface area is 136 Å². The maximum absolute atomic E-state index is 12.3. The van der Waals surface area contributed by atoms with Crippen molar-refractivity contribution in [3.63, 3.8) is 0 Å². The van der Waals surface area contributed by atoms with Gasteiger partial charge in [0.15, 0.2) is 0 Å². The molecule has 1 aromatic carbocycles. The number of hydrogen-bond donors (Lipinski definition) is 1. The summed E-state index contributed by atoms with van der Waals surface area (Å²) in [5, 5.41) is 9.03. The summed E-state index contributed by atoms with van der Waals surface area (Å²) >= 11 is 1.82. The number of methoxy groups -OCH3 is 1. The lowest BCUT2D eigenvalue weighted by atomic mass is 10.2. The molecule has 9 heteroatoms. The van der Waals surface area contributed by atoms with Crippen molar-refractivity contribution >= 4 is 44.6 Å². The van der Waals surface area contributed by atoms with Crippen LogP contribution in [0.3, 0.4) is 0 Å². The molecule has 0 heterocycles. The molecular weight excluding hydrogens is 413 g/mol. The lowest BCUT2D eigenvalue weighted by Gasteiger charge is -2.17. The molecule has 0 amide bonds. The van der Waals surface area contributed by atoms with Gasteiger partial charge in [0.25, 0.3) is 0 Å². The maximum Gasteiger partial charge on any atom is 0.336 e. The van der Waals surface area contributed by atoms with Crippen LogP contribution in [0.4, 0.5) is 0 Å². The maximum atomic E-state index is 12.3. The zero-order valence-corrected chi connectivity index (χ0v) is 14.3. The monoisotopic (exact) mass is 427 g/mol. The van der Waals surface area contributed by atoms with Crippen molar-refractivity contribution < 1.29 is 27.9 Å². The van der Waals surface area contributed by atoms with Gasteiger partial charge in [0.05, 0.1) is 24.0 Å². The van der Waals surface area contributed by atoms with Crippen molar-refractivity contribution in [1.29, 1.82) is 0 Å². The number of carbonyl (C=O) groups excluding carboxylic acids is 1. The van der Waals surface area contributed by atoms with Crippen LogP contribution in [0.5, 0.6) is 0 Å². The van der Waals surface area contributed by atoms with Crippen molar-refractivity contribution in [3.05, 3.63) is 27.3 Å². The number of carbonyl (C=O) groups is 2. The van der Waals surface area contributed by atoms with Crippen LogP contribution in [0.1, 0.15) is 16.8 Å². The fourth-order valence-corrected chi connectivity index (χ4v) is 3.24. The third kappa shape index (κ3) is 4.38. The molecule has 0 spiro atoms. The quantitative estimate of drug-likeness (QED) is 0.541. The van der Waals surface area contributed by atoms with Gasteiger partial charge in [0.1, 0.15) is 0 Å². The Kier molecular flexibility index (Phi) is 6.10. The van der Waals surface area contributed by atoms with Crippen LogP contribution in [0.2, 0.25) is 0 Å². The van der Waals surface area contributed by atoms with Crippen LogP contribution in [0, 0.1) is 3.57 Å². The second-order valence-corrected chi connectivity index (χ2v) is 7.31. The number of rotatable bonds is 6. The Bertz CT molecular complexity index is 658. The van der Waals surface area contributed by atoms with Crippen LogP contribution in [0.15, 0.2) is 23.1 Å². The second-order valence-electron chi connectivity index (χ2n) is 4.10. The van der Waals surface area contributed by atoms with Crippen molar-refractivity contribution in [2.75, 3.05) is 20.7 Å². The number of sulfonamides is 1. The van der Waals surface area contributed by atoms with Crippen molar-refractivity contribution in [2.24, 2.45) is 0 Å². The van der Waals surface area contributed by atoms with Gasteiger partial charge in [0, 0.05) is 17.2 Å². The molecule has 1 rings (SSSR count). The first-order valence-electron chi connectivity index (χ1n) is 5.76. The molecule has 1 N–H and O–H groups in total. The molecular formula is C12H14INO6S. The van der Waals surface area contributed by atoms with Crippen LogP contribution >= 0.6 is 22.6 Å². The first-order chi connectivity index (χ1) is 9.70. The molecule has 0 unspecified atom stereocenters. The predicted molar refractivity (Wildman–Crippen MR) is 82.6 cm³/mol. The summed E-state index contributed by atoms with van der Waals surface area (Å²) in [5.74, 6) is -1.72. The van der Waals surface area contributed by atoms with E-state index in [9.17, 15) is 18.0 Å². The van der Waals surface area contributed by atoms with Gasteiger partial charge in [-0.2, -0.15) is 0 Å². The largest absolute Gasteiger partial charge is 0.478 e. The first-order valence-corrected chi connectivity index (χ1v) is 8.28. The number of halogens is 1. The summed E-state index contributed by atoms with van der Waals surface area (Å²) in [4.78, 5) is 22.0. The SMILES string of the molecule is COC(=O)CCN(C)S(=O)(=O)c1ccc(I)c(C(=O)O)c1. The molecule has 0 aliphatic carbocycles. The summed E-state index contributed by atoms with van der Waals surface area (Å²) < 4.78 is 30.5. The third-order valence-corrected chi connectivity index (χ3v) is 5.53. The highest BCUT2D eigenvalue weighted by molar-refractivity contribution is 14.1. The zero-order valence-electron chi connectivity index (χ0n) is 11.4. The Morgan fingerprint density at radius 3 is 2.52 bits per heavy atom. The molecule has 21 heavy (non-hydrogen) atoms. The summed E-state index contributed by atoms with van der Waals surface area (Å²) in [6.07, 6.45) is -0.0810. The molecule has 0 aliphatic rings. The van der Waals surface area contributed by atoms with Crippen LogP contribution < -0.4 is 0 Å². The van der Waals surface area contributed by atoms with E-state index in [1.165, 1.54) is 26.3 Å². The van der Waals surface area contributed by atoms with E-state index in [0.717, 1.165) is 10.4 Å². The lowest BCUT2D eigenvalue weighted by molar-refractivity contribution is -0.140. The summed E-state index contributed by atoms with van der Waals surface area (Å²) in [5.41, 5.74) is -0.0851. The number of hydrogen-bond acceptors (Lipinski definition) is 5. The Balaban J connectivity index is 3.05. The molecule has 0 fully saturated rings. The Hall–Kier alpha value is -1.20. The van der Waals surface area contributed by atoms with Gasteiger partial charge < -0.3 is 9.84 Å². The van der Waals surface area contributed by atoms with E-state index in [0.29, 0.717) is 3.57 Å². The fourth-order valence-electron chi connectivity index (χ4n) is 1.48. The van der Waals surface area contributed by atoms with Gasteiger partial charge >= 0.3 is 11.9 Å². The second kappa shape index (κ2) is 7.18. The van der Waals surface area contributed by atoms with Gasteiger partial charge in [-0.3, -0.25) is 4.79 Å². The average Bonchev–Trinajstić information content (AvgIpc) is 2.43. The molecule has 0 radical (unpaired) electrons. The Morgan fingerprint density at radius 2 is 2.00 bits per heavy atom. The van der Waals surface area contributed by atoms with Crippen molar-refractivity contribution in [3.8, 4) is 0 Å². The molecule has 0 aromatic heterocycles. The fraction of sp³-hybridized carbons (Fsp3) is 0.333. The number of esters is 1. The van der Waals surface area contributed by atoms with Gasteiger partial charge in [-0.15, -0.1) is 0 Å². The highest BCUT2D eigenvalue weighted by atomic mass is 127. The van der Waals surface area contributed by atoms with E-state index in [-0.39, 0.29) is 23.4 Å². The van der Waals surface area contributed by atoms with Gasteiger partial charge in [-0.25, -0.2) is 17.5 Å². The van der Waals surface area contributed by atoms with Gasteiger partial charge in [0.2, 0.25) is 10.0 Å². The molecule has 0 bridgehead atoms. The van der Waals surface area contributed by atoms with E-state index < -0.39 is 22.0 Å². The van der Waals surface area contributed by atoms with Crippen molar-refractivity contribution in [2.45, 2.75) is 11.3 Å². The Morgan fingerprint density at radius 1 is 1.38 bits per heavy atom. The van der Waals surface area contributed by atoms with E-state index in [1.807, 2.05) is 22.6 Å². The molecule has 0 saturated heterocycles. The minimum absolute atomic E-state index is 0.0522. The van der Waals surface area contributed by atoms with Gasteiger partial charge in [-0.1, -0.05) is 0 Å². The number of aromatic carboxylic acids is 1. The number of benzene rings is 1. The molecule has 0 atom stereocenters. The molecule has 116 valence electrons. The predicted octanol–water partition coefficient (Wildman–Crippen LogP) is 1.17. The third-order valence-electron chi connectivity index (χ3n) is 2.73. The average molecular weight is 427 g/mol. The smallest absolute Gasteiger partial charge is 0.336 e. The number of carboxylic acids is 1. The van der Waals surface area contributed by atoms with Gasteiger partial charge in [-0.05, 0) is 40.8 Å². The topological polar surface area (TPSA) is 101 Å². The highest BCUT2D eigenvalue weighted by Gasteiger charge is 2.23. The minimum atomic E-state index is -3.86. The molecule has 1 aromatic rings. The van der Waals surface area contributed by atoms with Crippen LogP contribution in [0.25, 0.3) is 0 Å². The van der Waals surface area contributed by atoms with Crippen molar-refractivity contribution in [1.82, 2.24) is 4.31 Å². The van der Waals surface area contributed by atoms with E-state index >= 15 is 0 Å². The van der Waals surface area contributed by atoms with E-state index in [4.69, 9.17) is 5.11 Å². The number of carboxylic acid groups (broad SMARTS) is 1. The van der Waals surface area contributed by atoms with Crippen LogP contribution in [-0.4, -0.2) is 50.5 Å². The highest BCUT2D eigenvalue weighted by Crippen LogP contribution is 2.20. The zero-order chi connectivity index (χ0) is 16.2. The lowest BCUT2D eigenvalue weighted by Crippen LogP contribution is -2.29. The molecule has 7 nitrogen and oxygen atoms in total. The van der Waals surface area contributed by atoms with E-state index in [2.05, 4.69) is 4.74 Å². The van der Waals surface area contributed by atoms with Crippen LogP contribution in [-0.2, 0) is 19.6 Å².